The zero-order valence-electron chi connectivity index (χ0n) is 30.0. The first-order valence-corrected chi connectivity index (χ1v) is 15.3. The third-order valence-electron chi connectivity index (χ3n) is 8.41. The lowest BCUT2D eigenvalue weighted by atomic mass is 9.99. The lowest BCUT2D eigenvalue weighted by Gasteiger charge is -2.10. The van der Waals surface area contributed by atoms with Gasteiger partial charge >= 0.3 is 0 Å². The number of hydrogen-bond acceptors (Lipinski definition) is 4. The zero-order chi connectivity index (χ0) is 35.5. The van der Waals surface area contributed by atoms with Gasteiger partial charge in [0, 0.05) is 21.9 Å². The lowest BCUT2D eigenvalue weighted by Crippen LogP contribution is -2.00. The van der Waals surface area contributed by atoms with Crippen LogP contribution in [0, 0.1) is 0 Å². The number of para-hydroxylation sites is 1. The van der Waals surface area contributed by atoms with Crippen LogP contribution in [-0.4, -0.2) is 15.0 Å². The second-order valence-corrected chi connectivity index (χ2v) is 11.3. The van der Waals surface area contributed by atoms with Crippen LogP contribution < -0.4 is 0 Å². The number of aromatic nitrogens is 3. The summed E-state index contributed by atoms with van der Waals surface area (Å²) in [5.41, 5.74) is 6.62. The fourth-order valence-corrected chi connectivity index (χ4v) is 6.08. The van der Waals surface area contributed by atoms with E-state index < -0.39 is 30.2 Å². The molecule has 220 valence electrons. The largest absolute Gasteiger partial charge is 0.455 e. The highest BCUT2D eigenvalue weighted by atomic mass is 16.3. The fourth-order valence-electron chi connectivity index (χ4n) is 6.08. The van der Waals surface area contributed by atoms with Gasteiger partial charge in [0.2, 0.25) is 0 Å². The molecule has 9 rings (SSSR count). The Labute approximate surface area is 278 Å². The van der Waals surface area contributed by atoms with Crippen LogP contribution in [0.3, 0.4) is 0 Å². The second-order valence-electron chi connectivity index (χ2n) is 11.3. The number of hydrogen-bond donors (Lipinski definition) is 0. The normalized spacial score (nSPS) is 12.9. The van der Waals surface area contributed by atoms with E-state index in [1.54, 1.807) is 0 Å². The predicted molar refractivity (Wildman–Crippen MR) is 192 cm³/mol. The Balaban J connectivity index is 1.24. The van der Waals surface area contributed by atoms with Crippen LogP contribution in [0.1, 0.15) is 6.85 Å². The number of fused-ring (bicyclic) bond motifs is 4. The van der Waals surface area contributed by atoms with E-state index >= 15 is 0 Å². The third-order valence-corrected chi connectivity index (χ3v) is 8.41. The Morgan fingerprint density at radius 1 is 0.426 bits per heavy atom. The molecule has 0 spiro atoms. The summed E-state index contributed by atoms with van der Waals surface area (Å²) in [6.45, 7) is 0. The quantitative estimate of drug-likeness (QED) is 0.196. The van der Waals surface area contributed by atoms with E-state index in [0.29, 0.717) is 22.3 Å². The molecule has 0 aliphatic rings. The van der Waals surface area contributed by atoms with Gasteiger partial charge in [-0.1, -0.05) is 139 Å². The van der Waals surface area contributed by atoms with Crippen molar-refractivity contribution in [3.8, 4) is 56.4 Å². The minimum absolute atomic E-state index is 0.0338. The maximum Gasteiger partial charge on any atom is 0.167 e. The summed E-state index contributed by atoms with van der Waals surface area (Å²) in [6, 6.07) is 42.1. The van der Waals surface area contributed by atoms with Gasteiger partial charge in [-0.3, -0.25) is 0 Å². The standard InChI is InChI=1S/C43H27N3O/c1-3-11-28(12-4-1)29-21-23-30(24-22-29)32-17-9-18-35(25-32)42-44-41(31-13-5-2-6-14-31)45-43(46-42)37-20-10-19-36-38-26-33-15-7-8-16-34(33)27-39(38)47-40(36)37/h1-27H/i2D,5D,6D,13D,14D. The SMILES string of the molecule is [2H]c1c([2H])c([2H])c(-c2nc(-c3cccc(-c4ccc(-c5ccccc5)cc4)c3)nc(-c3cccc4c3oc3cc5ccccc5cc34)n2)c([2H])c1[2H]. The van der Waals surface area contributed by atoms with Crippen LogP contribution in [-0.2, 0) is 0 Å². The molecule has 0 bridgehead atoms. The molecule has 4 heteroatoms. The summed E-state index contributed by atoms with van der Waals surface area (Å²) in [5, 5.41) is 3.96. The third kappa shape index (κ3) is 4.93. The van der Waals surface area contributed by atoms with Crippen molar-refractivity contribution in [1.82, 2.24) is 15.0 Å². The molecular formula is C43H27N3O. The molecule has 47 heavy (non-hydrogen) atoms. The van der Waals surface area contributed by atoms with Crippen molar-refractivity contribution in [3.05, 3.63) is 164 Å². The van der Waals surface area contributed by atoms with Crippen molar-refractivity contribution >= 4 is 32.7 Å². The van der Waals surface area contributed by atoms with E-state index in [1.165, 1.54) is 0 Å². The second kappa shape index (κ2) is 11.2. The summed E-state index contributed by atoms with van der Waals surface area (Å²) in [6.07, 6.45) is 0. The minimum atomic E-state index is -0.487. The van der Waals surface area contributed by atoms with Gasteiger partial charge in [-0.25, -0.2) is 15.0 Å². The predicted octanol–water partition coefficient (Wildman–Crippen LogP) is 11.3. The number of rotatable bonds is 5. The molecule has 0 atom stereocenters. The minimum Gasteiger partial charge on any atom is -0.455 e. The molecule has 2 aromatic heterocycles. The fraction of sp³-hybridized carbons (Fsp3) is 0. The molecule has 0 fully saturated rings. The maximum absolute atomic E-state index is 8.73. The van der Waals surface area contributed by atoms with Crippen LogP contribution in [0.4, 0.5) is 0 Å². The summed E-state index contributed by atoms with van der Waals surface area (Å²) in [4.78, 5) is 14.5. The molecular weight excluding hydrogens is 574 g/mol. The highest BCUT2D eigenvalue weighted by molar-refractivity contribution is 6.12. The Bertz CT molecular complexity index is 2820. The summed E-state index contributed by atoms with van der Waals surface area (Å²) >= 11 is 0. The molecule has 0 aliphatic heterocycles. The Morgan fingerprint density at radius 2 is 1.02 bits per heavy atom. The number of nitrogens with zero attached hydrogens (tertiary/aromatic N) is 3. The van der Waals surface area contributed by atoms with Crippen molar-refractivity contribution in [1.29, 1.82) is 0 Å². The maximum atomic E-state index is 8.73. The molecule has 9 aromatic rings. The van der Waals surface area contributed by atoms with E-state index in [-0.39, 0.29) is 23.0 Å². The first kappa shape index (κ1) is 22.2. The molecule has 7 aromatic carbocycles. The number of benzene rings is 7. The molecule has 0 amide bonds. The molecule has 0 saturated carbocycles. The zero-order valence-corrected chi connectivity index (χ0v) is 25.0. The summed E-state index contributed by atoms with van der Waals surface area (Å²) in [7, 11) is 0. The summed E-state index contributed by atoms with van der Waals surface area (Å²) in [5.74, 6) is 0.500. The molecule has 2 heterocycles. The van der Waals surface area contributed by atoms with Gasteiger partial charge < -0.3 is 4.42 Å². The average Bonchev–Trinajstić information content (AvgIpc) is 3.56. The van der Waals surface area contributed by atoms with Gasteiger partial charge in [-0.05, 0) is 57.3 Å². The molecule has 4 nitrogen and oxygen atoms in total. The molecule has 0 radical (unpaired) electrons. The Hall–Kier alpha value is -6.39. The van der Waals surface area contributed by atoms with Crippen LogP contribution in [0.25, 0.3) is 89.1 Å². The van der Waals surface area contributed by atoms with Gasteiger partial charge in [0.05, 0.1) is 12.4 Å². The van der Waals surface area contributed by atoms with Crippen molar-refractivity contribution < 1.29 is 11.3 Å². The highest BCUT2D eigenvalue weighted by Gasteiger charge is 2.18. The average molecular weight is 607 g/mol. The molecule has 0 saturated heterocycles. The van der Waals surface area contributed by atoms with Crippen molar-refractivity contribution in [3.63, 3.8) is 0 Å². The van der Waals surface area contributed by atoms with Crippen LogP contribution >= 0.6 is 0 Å². The van der Waals surface area contributed by atoms with Gasteiger partial charge in [0.15, 0.2) is 17.5 Å². The van der Waals surface area contributed by atoms with Crippen molar-refractivity contribution in [2.75, 3.05) is 0 Å². The van der Waals surface area contributed by atoms with Crippen LogP contribution in [0.2, 0.25) is 0 Å². The van der Waals surface area contributed by atoms with Crippen molar-refractivity contribution in [2.45, 2.75) is 0 Å². The van der Waals surface area contributed by atoms with Crippen molar-refractivity contribution in [2.24, 2.45) is 0 Å². The lowest BCUT2D eigenvalue weighted by molar-refractivity contribution is 0.670. The monoisotopic (exact) mass is 606 g/mol. The van der Waals surface area contributed by atoms with Crippen LogP contribution in [0.15, 0.2) is 168 Å². The summed E-state index contributed by atoms with van der Waals surface area (Å²) < 4.78 is 48.8. The van der Waals surface area contributed by atoms with E-state index in [0.717, 1.165) is 43.8 Å². The van der Waals surface area contributed by atoms with E-state index in [9.17, 15) is 0 Å². The number of furan rings is 1. The first-order chi connectivity index (χ1) is 25.3. The van der Waals surface area contributed by atoms with Gasteiger partial charge in [0.25, 0.3) is 0 Å². The van der Waals surface area contributed by atoms with E-state index in [2.05, 4.69) is 48.5 Å². The Morgan fingerprint density at radius 3 is 1.81 bits per heavy atom. The molecule has 0 N–H and O–H groups in total. The highest BCUT2D eigenvalue weighted by Crippen LogP contribution is 2.38. The van der Waals surface area contributed by atoms with Gasteiger partial charge in [-0.2, -0.15) is 0 Å². The van der Waals surface area contributed by atoms with E-state index in [4.69, 9.17) is 26.2 Å². The Kier molecular flexibility index (Phi) is 5.28. The molecule has 0 unspecified atom stereocenters. The smallest absolute Gasteiger partial charge is 0.167 e. The first-order valence-electron chi connectivity index (χ1n) is 17.8. The van der Waals surface area contributed by atoms with Gasteiger partial charge in [0.1, 0.15) is 11.2 Å². The molecule has 0 aliphatic carbocycles. The van der Waals surface area contributed by atoms with Gasteiger partial charge in [-0.15, -0.1) is 0 Å². The van der Waals surface area contributed by atoms with Crippen LogP contribution in [0.5, 0.6) is 0 Å². The topological polar surface area (TPSA) is 51.8 Å². The van der Waals surface area contributed by atoms with E-state index in [1.807, 2.05) is 84.9 Å².